The van der Waals surface area contributed by atoms with Crippen molar-refractivity contribution in [2.24, 2.45) is 0 Å². The molecule has 0 spiro atoms. The molecule has 2 heterocycles. The van der Waals surface area contributed by atoms with Crippen molar-refractivity contribution in [1.29, 1.82) is 0 Å². The van der Waals surface area contributed by atoms with Crippen molar-refractivity contribution >= 4 is 0 Å². The largest absolute Gasteiger partial charge is 0.326 e. The highest BCUT2D eigenvalue weighted by molar-refractivity contribution is 5.16. The fourth-order valence-electron chi connectivity index (χ4n) is 1.85. The Kier molecular flexibility index (Phi) is 3.88. The lowest BCUT2D eigenvalue weighted by Crippen LogP contribution is -2.17. The van der Waals surface area contributed by atoms with Crippen LogP contribution in [0.4, 0.5) is 0 Å². The van der Waals surface area contributed by atoms with Crippen LogP contribution in [0.5, 0.6) is 0 Å². The fourth-order valence-corrected chi connectivity index (χ4v) is 1.85. The summed E-state index contributed by atoms with van der Waals surface area (Å²) in [4.78, 5) is 8.38. The van der Waals surface area contributed by atoms with E-state index in [1.54, 1.807) is 6.20 Å². The molecule has 0 aliphatic carbocycles. The van der Waals surface area contributed by atoms with E-state index in [2.05, 4.69) is 39.8 Å². The third-order valence-electron chi connectivity index (χ3n) is 2.89. The van der Waals surface area contributed by atoms with Crippen LogP contribution in [0, 0.1) is 0 Å². The van der Waals surface area contributed by atoms with Crippen molar-refractivity contribution in [3.63, 3.8) is 0 Å². The second-order valence-electron chi connectivity index (χ2n) is 4.03. The first kappa shape index (κ1) is 11.8. The number of aromatic nitrogens is 3. The molecule has 4 heteroatoms. The average molecular weight is 230 g/mol. The van der Waals surface area contributed by atoms with E-state index >= 15 is 0 Å². The lowest BCUT2D eigenvalue weighted by molar-refractivity contribution is 0.581. The average Bonchev–Trinajstić information content (AvgIpc) is 2.84. The van der Waals surface area contributed by atoms with Crippen LogP contribution in [0.15, 0.2) is 37.1 Å². The maximum absolute atomic E-state index is 4.22. The molecule has 2 rings (SSSR count). The second-order valence-corrected chi connectivity index (χ2v) is 4.03. The van der Waals surface area contributed by atoms with Gasteiger partial charge in [-0.3, -0.25) is 4.98 Å². The molecule has 1 N–H and O–H groups in total. The Hall–Kier alpha value is -1.68. The Morgan fingerprint density at radius 2 is 2.24 bits per heavy atom. The van der Waals surface area contributed by atoms with Crippen LogP contribution in [0.25, 0.3) is 0 Å². The lowest BCUT2D eigenvalue weighted by atomic mass is 10.1. The minimum absolute atomic E-state index is 0.264. The van der Waals surface area contributed by atoms with Gasteiger partial charge in [0.15, 0.2) is 0 Å². The van der Waals surface area contributed by atoms with Gasteiger partial charge in [0, 0.05) is 25.1 Å². The van der Waals surface area contributed by atoms with E-state index in [-0.39, 0.29) is 6.04 Å². The van der Waals surface area contributed by atoms with E-state index in [0.717, 1.165) is 13.1 Å². The number of nitrogens with zero attached hydrogens (tertiary/aromatic N) is 3. The first-order chi connectivity index (χ1) is 8.33. The molecule has 0 fully saturated rings. The number of hydrogen-bond acceptors (Lipinski definition) is 3. The summed E-state index contributed by atoms with van der Waals surface area (Å²) in [7, 11) is 0. The third-order valence-corrected chi connectivity index (χ3v) is 2.89. The zero-order valence-corrected chi connectivity index (χ0v) is 10.3. The topological polar surface area (TPSA) is 42.7 Å². The van der Waals surface area contributed by atoms with Crippen molar-refractivity contribution < 1.29 is 0 Å². The highest BCUT2D eigenvalue weighted by Gasteiger charge is 2.10. The maximum Gasteiger partial charge on any atom is 0.0954 e. The van der Waals surface area contributed by atoms with Gasteiger partial charge in [-0.05, 0) is 25.1 Å². The molecule has 1 unspecified atom stereocenters. The predicted octanol–water partition coefficient (Wildman–Crippen LogP) is 2.00. The van der Waals surface area contributed by atoms with E-state index in [1.165, 1.54) is 11.3 Å². The molecule has 17 heavy (non-hydrogen) atoms. The monoisotopic (exact) mass is 230 g/mol. The summed E-state index contributed by atoms with van der Waals surface area (Å²) in [6.07, 6.45) is 7.49. The Morgan fingerprint density at radius 1 is 1.35 bits per heavy atom. The summed E-state index contributed by atoms with van der Waals surface area (Å²) in [5.41, 5.74) is 2.39. The van der Waals surface area contributed by atoms with Gasteiger partial charge in [-0.15, -0.1) is 0 Å². The molecular formula is C13H18N4. The van der Waals surface area contributed by atoms with Gasteiger partial charge in [0.05, 0.1) is 18.1 Å². The minimum atomic E-state index is 0.264. The first-order valence-electron chi connectivity index (χ1n) is 5.94. The molecule has 2 aromatic heterocycles. The van der Waals surface area contributed by atoms with Crippen LogP contribution in [-0.2, 0) is 6.54 Å². The van der Waals surface area contributed by atoms with Crippen LogP contribution in [-0.4, -0.2) is 21.1 Å². The number of rotatable bonds is 5. The van der Waals surface area contributed by atoms with Crippen molar-refractivity contribution in [2.75, 3.05) is 6.54 Å². The Labute approximate surface area is 102 Å². The Balaban J connectivity index is 2.19. The molecule has 0 amide bonds. The molecule has 0 saturated heterocycles. The first-order valence-corrected chi connectivity index (χ1v) is 5.94. The van der Waals surface area contributed by atoms with Gasteiger partial charge in [-0.2, -0.15) is 0 Å². The van der Waals surface area contributed by atoms with Crippen LogP contribution in [0.3, 0.4) is 0 Å². The van der Waals surface area contributed by atoms with Gasteiger partial charge in [0.25, 0.3) is 0 Å². The van der Waals surface area contributed by atoms with Gasteiger partial charge in [-0.25, -0.2) is 4.98 Å². The SMILES string of the molecule is CCNCc1cncn1C(C)c1cccnc1. The van der Waals surface area contributed by atoms with Gasteiger partial charge < -0.3 is 9.88 Å². The van der Waals surface area contributed by atoms with Crippen LogP contribution in [0.1, 0.15) is 31.1 Å². The molecule has 90 valence electrons. The molecule has 0 aliphatic heterocycles. The smallest absolute Gasteiger partial charge is 0.0954 e. The van der Waals surface area contributed by atoms with E-state index < -0.39 is 0 Å². The highest BCUT2D eigenvalue weighted by Crippen LogP contribution is 2.18. The number of nitrogens with one attached hydrogen (secondary N) is 1. The lowest BCUT2D eigenvalue weighted by Gasteiger charge is -2.16. The minimum Gasteiger partial charge on any atom is -0.326 e. The summed E-state index contributed by atoms with van der Waals surface area (Å²) >= 11 is 0. The number of hydrogen-bond donors (Lipinski definition) is 1. The molecule has 4 nitrogen and oxygen atoms in total. The molecule has 0 aliphatic rings. The van der Waals surface area contributed by atoms with E-state index in [1.807, 2.05) is 24.8 Å². The zero-order chi connectivity index (χ0) is 12.1. The predicted molar refractivity (Wildman–Crippen MR) is 67.7 cm³/mol. The molecule has 0 aromatic carbocycles. The quantitative estimate of drug-likeness (QED) is 0.854. The van der Waals surface area contributed by atoms with Crippen LogP contribution >= 0.6 is 0 Å². The summed E-state index contributed by atoms with van der Waals surface area (Å²) in [5.74, 6) is 0. The molecule has 2 aromatic rings. The molecular weight excluding hydrogens is 212 g/mol. The second kappa shape index (κ2) is 5.59. The van der Waals surface area contributed by atoms with Gasteiger partial charge >= 0.3 is 0 Å². The zero-order valence-electron chi connectivity index (χ0n) is 10.3. The standard InChI is InChI=1S/C13H18N4/c1-3-14-8-13-9-16-10-17(13)11(2)12-5-4-6-15-7-12/h4-7,9-11,14H,3,8H2,1-2H3. The molecule has 0 saturated carbocycles. The molecule has 0 radical (unpaired) electrons. The normalized spacial score (nSPS) is 12.6. The Bertz CT molecular complexity index is 449. The summed E-state index contributed by atoms with van der Waals surface area (Å²) in [6, 6.07) is 4.32. The van der Waals surface area contributed by atoms with E-state index in [4.69, 9.17) is 0 Å². The van der Waals surface area contributed by atoms with Crippen molar-refractivity contribution in [1.82, 2.24) is 19.9 Å². The van der Waals surface area contributed by atoms with Gasteiger partial charge in [0.2, 0.25) is 0 Å². The fraction of sp³-hybridized carbons (Fsp3) is 0.385. The summed E-state index contributed by atoms with van der Waals surface area (Å²) < 4.78 is 2.18. The number of pyridine rings is 1. The third kappa shape index (κ3) is 2.71. The summed E-state index contributed by atoms with van der Waals surface area (Å²) in [6.45, 7) is 6.08. The maximum atomic E-state index is 4.22. The van der Waals surface area contributed by atoms with Crippen molar-refractivity contribution in [3.8, 4) is 0 Å². The van der Waals surface area contributed by atoms with Crippen LogP contribution in [0.2, 0.25) is 0 Å². The van der Waals surface area contributed by atoms with E-state index in [9.17, 15) is 0 Å². The van der Waals surface area contributed by atoms with Crippen molar-refractivity contribution in [2.45, 2.75) is 26.4 Å². The number of imidazole rings is 1. The van der Waals surface area contributed by atoms with Gasteiger partial charge in [-0.1, -0.05) is 13.0 Å². The highest BCUT2D eigenvalue weighted by atomic mass is 15.1. The van der Waals surface area contributed by atoms with E-state index in [0.29, 0.717) is 0 Å². The van der Waals surface area contributed by atoms with Crippen molar-refractivity contribution in [3.05, 3.63) is 48.3 Å². The molecule has 0 bridgehead atoms. The summed E-state index contributed by atoms with van der Waals surface area (Å²) in [5, 5.41) is 3.32. The molecule has 1 atom stereocenters. The Morgan fingerprint density at radius 3 is 2.94 bits per heavy atom. The van der Waals surface area contributed by atoms with Crippen LogP contribution < -0.4 is 5.32 Å². The van der Waals surface area contributed by atoms with Gasteiger partial charge in [0.1, 0.15) is 0 Å².